The predicted octanol–water partition coefficient (Wildman–Crippen LogP) is 3.51. The van der Waals surface area contributed by atoms with E-state index in [2.05, 4.69) is 46.9 Å². The van der Waals surface area contributed by atoms with E-state index in [4.69, 9.17) is 4.74 Å². The Labute approximate surface area is 106 Å². The van der Waals surface area contributed by atoms with Crippen molar-refractivity contribution >= 4 is 15.9 Å². The molecule has 0 aromatic heterocycles. The van der Waals surface area contributed by atoms with Gasteiger partial charge in [-0.1, -0.05) is 25.6 Å². The van der Waals surface area contributed by atoms with Crippen LogP contribution in [0.2, 0.25) is 0 Å². The number of hydrogen-bond donors (Lipinski definition) is 1. The topological polar surface area (TPSA) is 21.3 Å². The van der Waals surface area contributed by atoms with Gasteiger partial charge in [0.05, 0.1) is 4.47 Å². The lowest BCUT2D eigenvalue weighted by Crippen LogP contribution is -2.13. The second kappa shape index (κ2) is 7.47. The highest BCUT2D eigenvalue weighted by molar-refractivity contribution is 9.10. The number of benzene rings is 1. The summed E-state index contributed by atoms with van der Waals surface area (Å²) in [4.78, 5) is 0. The molecule has 0 saturated carbocycles. The average Bonchev–Trinajstić information content (AvgIpc) is 2.28. The van der Waals surface area contributed by atoms with E-state index >= 15 is 0 Å². The Hall–Kier alpha value is -0.800. The first-order valence-corrected chi connectivity index (χ1v) is 6.30. The van der Waals surface area contributed by atoms with Gasteiger partial charge in [-0.2, -0.15) is 0 Å². The van der Waals surface area contributed by atoms with Crippen molar-refractivity contribution < 1.29 is 4.74 Å². The van der Waals surface area contributed by atoms with Crippen LogP contribution in [-0.4, -0.2) is 13.2 Å². The van der Waals surface area contributed by atoms with Gasteiger partial charge in [-0.05, 0) is 46.6 Å². The highest BCUT2D eigenvalue weighted by atomic mass is 79.9. The fourth-order valence-electron chi connectivity index (χ4n) is 1.33. The largest absolute Gasteiger partial charge is 0.488 e. The molecule has 88 valence electrons. The number of ether oxygens (including phenoxy) is 1. The molecule has 0 atom stereocenters. The van der Waals surface area contributed by atoms with Crippen molar-refractivity contribution in [2.75, 3.05) is 13.2 Å². The lowest BCUT2D eigenvalue weighted by molar-refractivity contribution is 0.361. The molecule has 0 radical (unpaired) electrons. The Bertz CT molecular complexity index is 339. The van der Waals surface area contributed by atoms with Crippen molar-refractivity contribution in [3.8, 4) is 5.75 Å². The van der Waals surface area contributed by atoms with E-state index in [1.165, 1.54) is 5.56 Å². The highest BCUT2D eigenvalue weighted by Crippen LogP contribution is 2.25. The summed E-state index contributed by atoms with van der Waals surface area (Å²) in [6.07, 6.45) is 2.89. The molecule has 2 nitrogen and oxygen atoms in total. The van der Waals surface area contributed by atoms with Gasteiger partial charge >= 0.3 is 0 Å². The molecule has 3 heteroatoms. The Kier molecular flexibility index (Phi) is 6.19. The maximum absolute atomic E-state index is 5.48. The molecule has 1 aromatic rings. The fraction of sp³-hybridized carbons (Fsp3) is 0.385. The summed E-state index contributed by atoms with van der Waals surface area (Å²) in [5.41, 5.74) is 1.26. The number of halogens is 1. The van der Waals surface area contributed by atoms with Crippen LogP contribution in [0, 0.1) is 0 Å². The fourth-order valence-corrected chi connectivity index (χ4v) is 1.87. The van der Waals surface area contributed by atoms with Crippen LogP contribution in [0.25, 0.3) is 0 Å². The summed E-state index contributed by atoms with van der Waals surface area (Å²) in [6.45, 7) is 8.26. The van der Waals surface area contributed by atoms with Gasteiger partial charge < -0.3 is 10.1 Å². The SMILES string of the molecule is C=CCOc1ccc(CNCCC)cc1Br. The minimum absolute atomic E-state index is 0.534. The van der Waals surface area contributed by atoms with Gasteiger partial charge in [0, 0.05) is 6.54 Å². The Morgan fingerprint density at radius 3 is 2.94 bits per heavy atom. The molecule has 16 heavy (non-hydrogen) atoms. The summed E-state index contributed by atoms with van der Waals surface area (Å²) >= 11 is 3.50. The second-order valence-electron chi connectivity index (χ2n) is 3.54. The van der Waals surface area contributed by atoms with Gasteiger partial charge in [0.15, 0.2) is 0 Å². The molecule has 0 heterocycles. The highest BCUT2D eigenvalue weighted by Gasteiger charge is 2.01. The molecule has 0 fully saturated rings. The first-order chi connectivity index (χ1) is 7.77. The molecule has 0 aliphatic rings. The molecule has 1 N–H and O–H groups in total. The van der Waals surface area contributed by atoms with E-state index in [9.17, 15) is 0 Å². The van der Waals surface area contributed by atoms with Crippen molar-refractivity contribution in [1.82, 2.24) is 5.32 Å². The molecular formula is C13H18BrNO. The Morgan fingerprint density at radius 2 is 2.31 bits per heavy atom. The molecule has 0 spiro atoms. The van der Waals surface area contributed by atoms with Crippen LogP contribution in [0.3, 0.4) is 0 Å². The monoisotopic (exact) mass is 283 g/mol. The zero-order valence-corrected chi connectivity index (χ0v) is 11.2. The van der Waals surface area contributed by atoms with Crippen molar-refractivity contribution in [3.05, 3.63) is 40.9 Å². The maximum atomic E-state index is 5.48. The summed E-state index contributed by atoms with van der Waals surface area (Å²) in [6, 6.07) is 6.14. The first-order valence-electron chi connectivity index (χ1n) is 5.50. The number of nitrogens with one attached hydrogen (secondary N) is 1. The first kappa shape index (κ1) is 13.3. The third-order valence-corrected chi connectivity index (χ3v) is 2.73. The third kappa shape index (κ3) is 4.37. The van der Waals surface area contributed by atoms with Crippen molar-refractivity contribution in [2.45, 2.75) is 19.9 Å². The predicted molar refractivity (Wildman–Crippen MR) is 71.8 cm³/mol. The van der Waals surface area contributed by atoms with Gasteiger partial charge in [0.2, 0.25) is 0 Å². The third-order valence-electron chi connectivity index (χ3n) is 2.11. The molecule has 0 amide bonds. The van der Waals surface area contributed by atoms with Gasteiger partial charge in [0.1, 0.15) is 12.4 Å². The van der Waals surface area contributed by atoms with E-state index in [1.54, 1.807) is 6.08 Å². The van der Waals surface area contributed by atoms with Crippen molar-refractivity contribution in [1.29, 1.82) is 0 Å². The minimum atomic E-state index is 0.534. The van der Waals surface area contributed by atoms with Gasteiger partial charge in [0.25, 0.3) is 0 Å². The van der Waals surface area contributed by atoms with Crippen molar-refractivity contribution in [3.63, 3.8) is 0 Å². The van der Waals surface area contributed by atoms with Crippen LogP contribution in [0.1, 0.15) is 18.9 Å². The van der Waals surface area contributed by atoms with E-state index in [0.717, 1.165) is 29.7 Å². The zero-order chi connectivity index (χ0) is 11.8. The molecular weight excluding hydrogens is 266 g/mol. The van der Waals surface area contributed by atoms with Crippen LogP contribution < -0.4 is 10.1 Å². The van der Waals surface area contributed by atoms with Gasteiger partial charge in [-0.15, -0.1) is 0 Å². The molecule has 0 aliphatic heterocycles. The van der Waals surface area contributed by atoms with Gasteiger partial charge in [-0.25, -0.2) is 0 Å². The number of rotatable bonds is 7. The quantitative estimate of drug-likeness (QED) is 0.611. The van der Waals surface area contributed by atoms with E-state index in [1.807, 2.05) is 6.07 Å². The Balaban J connectivity index is 2.56. The summed E-state index contributed by atoms with van der Waals surface area (Å²) in [5.74, 6) is 0.860. The van der Waals surface area contributed by atoms with Crippen LogP contribution in [0.4, 0.5) is 0 Å². The van der Waals surface area contributed by atoms with Crippen LogP contribution in [0.15, 0.2) is 35.3 Å². The molecule has 1 aromatic carbocycles. The normalized spacial score (nSPS) is 10.1. The van der Waals surface area contributed by atoms with Crippen LogP contribution >= 0.6 is 15.9 Å². The summed E-state index contributed by atoms with van der Waals surface area (Å²) in [7, 11) is 0. The summed E-state index contributed by atoms with van der Waals surface area (Å²) in [5, 5.41) is 3.36. The standard InChI is InChI=1S/C13H18BrNO/c1-3-7-15-10-11-5-6-13(12(14)9-11)16-8-4-2/h4-6,9,15H,2-3,7-8,10H2,1H3. The van der Waals surface area contributed by atoms with Gasteiger partial charge in [-0.3, -0.25) is 0 Å². The lowest BCUT2D eigenvalue weighted by atomic mass is 10.2. The molecule has 0 aliphatic carbocycles. The van der Waals surface area contributed by atoms with Crippen molar-refractivity contribution in [2.24, 2.45) is 0 Å². The summed E-state index contributed by atoms with van der Waals surface area (Å²) < 4.78 is 6.47. The van der Waals surface area contributed by atoms with E-state index in [-0.39, 0.29) is 0 Å². The average molecular weight is 284 g/mol. The zero-order valence-electron chi connectivity index (χ0n) is 9.63. The van der Waals surface area contributed by atoms with E-state index < -0.39 is 0 Å². The number of hydrogen-bond acceptors (Lipinski definition) is 2. The maximum Gasteiger partial charge on any atom is 0.133 e. The molecule has 0 bridgehead atoms. The van der Waals surface area contributed by atoms with E-state index in [0.29, 0.717) is 6.61 Å². The smallest absolute Gasteiger partial charge is 0.133 e. The second-order valence-corrected chi connectivity index (χ2v) is 4.40. The van der Waals surface area contributed by atoms with Crippen LogP contribution in [0.5, 0.6) is 5.75 Å². The van der Waals surface area contributed by atoms with Crippen LogP contribution in [-0.2, 0) is 6.54 Å². The Morgan fingerprint density at radius 1 is 1.50 bits per heavy atom. The lowest BCUT2D eigenvalue weighted by Gasteiger charge is -2.08. The minimum Gasteiger partial charge on any atom is -0.488 e. The molecule has 0 saturated heterocycles. The molecule has 0 unspecified atom stereocenters. The molecule has 1 rings (SSSR count).